The molecule has 0 radical (unpaired) electrons. The smallest absolute Gasteiger partial charge is 0.306 e. The topological polar surface area (TPSA) is 73.2 Å². The molecule has 0 saturated heterocycles. The lowest BCUT2D eigenvalue weighted by Gasteiger charge is -2.10. The molecule has 0 aliphatic carbocycles. The molecular formula is C21H18Cl3N3O3. The first-order valence-corrected chi connectivity index (χ1v) is 10.3. The van der Waals surface area contributed by atoms with Crippen LogP contribution in [0.2, 0.25) is 15.1 Å². The number of aromatic nitrogens is 2. The van der Waals surface area contributed by atoms with Crippen LogP contribution in [0.1, 0.15) is 19.8 Å². The average Bonchev–Trinajstić information content (AvgIpc) is 3.12. The lowest BCUT2D eigenvalue weighted by molar-refractivity contribution is -0.144. The van der Waals surface area contributed by atoms with Gasteiger partial charge in [0.1, 0.15) is 5.82 Å². The predicted molar refractivity (Wildman–Crippen MR) is 119 cm³/mol. The van der Waals surface area contributed by atoms with Crippen molar-refractivity contribution in [2.24, 2.45) is 0 Å². The van der Waals surface area contributed by atoms with E-state index in [9.17, 15) is 9.59 Å². The Morgan fingerprint density at radius 3 is 2.40 bits per heavy atom. The molecule has 30 heavy (non-hydrogen) atoms. The zero-order chi connectivity index (χ0) is 21.7. The van der Waals surface area contributed by atoms with E-state index in [0.29, 0.717) is 32.3 Å². The Morgan fingerprint density at radius 1 is 1.00 bits per heavy atom. The third kappa shape index (κ3) is 5.53. The molecule has 0 aliphatic heterocycles. The quantitative estimate of drug-likeness (QED) is 0.448. The molecule has 156 valence electrons. The van der Waals surface area contributed by atoms with Gasteiger partial charge in [-0.25, -0.2) is 4.68 Å². The number of esters is 1. The van der Waals surface area contributed by atoms with E-state index in [1.54, 1.807) is 43.3 Å². The highest BCUT2D eigenvalue weighted by Crippen LogP contribution is 2.30. The average molecular weight is 467 g/mol. The zero-order valence-electron chi connectivity index (χ0n) is 16.0. The molecule has 6 nitrogen and oxygen atoms in total. The molecule has 0 unspecified atom stereocenters. The lowest BCUT2D eigenvalue weighted by Crippen LogP contribution is -2.17. The zero-order valence-corrected chi connectivity index (χ0v) is 18.3. The second-order valence-electron chi connectivity index (χ2n) is 6.28. The van der Waals surface area contributed by atoms with E-state index in [-0.39, 0.29) is 25.4 Å². The van der Waals surface area contributed by atoms with Crippen LogP contribution in [0.5, 0.6) is 0 Å². The number of anilines is 1. The van der Waals surface area contributed by atoms with Crippen molar-refractivity contribution in [3.8, 4) is 16.9 Å². The van der Waals surface area contributed by atoms with Crippen LogP contribution in [0, 0.1) is 0 Å². The largest absolute Gasteiger partial charge is 0.466 e. The standard InChI is InChI=1S/C21H18Cl3N3O3/c1-2-30-21(29)10-9-20(28)25-19-12-17(13-3-5-14(22)6-4-13)26-27(19)18-11-15(23)7-8-16(18)24/h3-8,11-12H,2,9-10H2,1H3,(H,25,28). The molecule has 0 saturated carbocycles. The van der Waals surface area contributed by atoms with Crippen molar-refractivity contribution in [2.45, 2.75) is 19.8 Å². The Balaban J connectivity index is 1.93. The van der Waals surface area contributed by atoms with Crippen molar-refractivity contribution in [1.29, 1.82) is 0 Å². The van der Waals surface area contributed by atoms with E-state index >= 15 is 0 Å². The number of amides is 1. The molecule has 2 aromatic carbocycles. The fraction of sp³-hybridized carbons (Fsp3) is 0.190. The van der Waals surface area contributed by atoms with E-state index < -0.39 is 5.97 Å². The van der Waals surface area contributed by atoms with Crippen LogP contribution in [-0.4, -0.2) is 28.3 Å². The summed E-state index contributed by atoms with van der Waals surface area (Å²) < 4.78 is 6.36. The van der Waals surface area contributed by atoms with Gasteiger partial charge in [0.2, 0.25) is 5.91 Å². The molecule has 1 heterocycles. The highest BCUT2D eigenvalue weighted by Gasteiger charge is 2.17. The van der Waals surface area contributed by atoms with Gasteiger partial charge in [0.25, 0.3) is 0 Å². The van der Waals surface area contributed by atoms with E-state index in [1.807, 2.05) is 12.1 Å². The Kier molecular flexibility index (Phi) is 7.37. The normalized spacial score (nSPS) is 10.7. The molecule has 1 N–H and O–H groups in total. The minimum Gasteiger partial charge on any atom is -0.466 e. The maximum Gasteiger partial charge on any atom is 0.306 e. The Morgan fingerprint density at radius 2 is 1.70 bits per heavy atom. The van der Waals surface area contributed by atoms with Gasteiger partial charge in [-0.3, -0.25) is 9.59 Å². The van der Waals surface area contributed by atoms with Gasteiger partial charge in [-0.1, -0.05) is 46.9 Å². The molecule has 0 fully saturated rings. The number of hydrogen-bond donors (Lipinski definition) is 1. The number of rotatable bonds is 7. The number of nitrogens with one attached hydrogen (secondary N) is 1. The van der Waals surface area contributed by atoms with Crippen LogP contribution < -0.4 is 5.32 Å². The first kappa shape index (κ1) is 22.2. The van der Waals surface area contributed by atoms with Crippen LogP contribution in [-0.2, 0) is 14.3 Å². The molecule has 3 aromatic rings. The fourth-order valence-corrected chi connectivity index (χ4v) is 3.21. The number of halogens is 3. The summed E-state index contributed by atoms with van der Waals surface area (Å²) in [5.74, 6) is -0.399. The second kappa shape index (κ2) is 9.98. The van der Waals surface area contributed by atoms with Crippen molar-refractivity contribution in [2.75, 3.05) is 11.9 Å². The lowest BCUT2D eigenvalue weighted by atomic mass is 10.1. The maximum atomic E-state index is 12.4. The monoisotopic (exact) mass is 465 g/mol. The first-order chi connectivity index (χ1) is 14.4. The van der Waals surface area contributed by atoms with E-state index in [2.05, 4.69) is 10.4 Å². The molecule has 0 spiro atoms. The Bertz CT molecular complexity index is 1070. The molecule has 1 amide bonds. The number of hydrogen-bond acceptors (Lipinski definition) is 4. The summed E-state index contributed by atoms with van der Waals surface area (Å²) in [6, 6.07) is 13.8. The number of carbonyl (C=O) groups is 2. The second-order valence-corrected chi connectivity index (χ2v) is 7.56. The summed E-state index contributed by atoms with van der Waals surface area (Å²) in [6.45, 7) is 1.98. The highest BCUT2D eigenvalue weighted by atomic mass is 35.5. The van der Waals surface area contributed by atoms with E-state index in [1.165, 1.54) is 4.68 Å². The summed E-state index contributed by atoms with van der Waals surface area (Å²) in [6.07, 6.45) is -0.0423. The van der Waals surface area contributed by atoms with Crippen molar-refractivity contribution < 1.29 is 14.3 Å². The summed E-state index contributed by atoms with van der Waals surface area (Å²) in [5, 5.41) is 8.84. The SMILES string of the molecule is CCOC(=O)CCC(=O)Nc1cc(-c2ccc(Cl)cc2)nn1-c1cc(Cl)ccc1Cl. The molecule has 1 aromatic heterocycles. The first-order valence-electron chi connectivity index (χ1n) is 9.14. The third-order valence-electron chi connectivity index (χ3n) is 4.11. The van der Waals surface area contributed by atoms with Crippen LogP contribution in [0.15, 0.2) is 48.5 Å². The van der Waals surface area contributed by atoms with Crippen molar-refractivity contribution in [1.82, 2.24) is 9.78 Å². The van der Waals surface area contributed by atoms with Gasteiger partial charge in [0, 0.05) is 28.1 Å². The molecule has 0 atom stereocenters. The Labute approximate surface area is 188 Å². The molecule has 9 heteroatoms. The fourth-order valence-electron chi connectivity index (χ4n) is 2.72. The van der Waals surface area contributed by atoms with E-state index in [0.717, 1.165) is 5.56 Å². The minimum atomic E-state index is -0.430. The van der Waals surface area contributed by atoms with Gasteiger partial charge in [-0.05, 0) is 37.3 Å². The molecular weight excluding hydrogens is 449 g/mol. The maximum absolute atomic E-state index is 12.4. The van der Waals surface area contributed by atoms with Gasteiger partial charge in [0.05, 0.1) is 29.4 Å². The van der Waals surface area contributed by atoms with Gasteiger partial charge >= 0.3 is 5.97 Å². The van der Waals surface area contributed by atoms with Gasteiger partial charge in [-0.2, -0.15) is 5.10 Å². The third-order valence-corrected chi connectivity index (χ3v) is 4.92. The van der Waals surface area contributed by atoms with Crippen molar-refractivity contribution in [3.63, 3.8) is 0 Å². The minimum absolute atomic E-state index is 0.0181. The predicted octanol–water partition coefficient (Wildman–Crippen LogP) is 5.78. The van der Waals surface area contributed by atoms with Crippen molar-refractivity contribution in [3.05, 3.63) is 63.6 Å². The van der Waals surface area contributed by atoms with Gasteiger partial charge in [-0.15, -0.1) is 0 Å². The van der Waals surface area contributed by atoms with Gasteiger partial charge < -0.3 is 10.1 Å². The Hall–Kier alpha value is -2.54. The summed E-state index contributed by atoms with van der Waals surface area (Å²) in [5.41, 5.74) is 1.91. The molecule has 0 bridgehead atoms. The molecule has 0 aliphatic rings. The van der Waals surface area contributed by atoms with Crippen LogP contribution >= 0.6 is 34.8 Å². The molecule has 3 rings (SSSR count). The van der Waals surface area contributed by atoms with Crippen molar-refractivity contribution >= 4 is 52.5 Å². The number of ether oxygens (including phenoxy) is 1. The van der Waals surface area contributed by atoms with Crippen LogP contribution in [0.3, 0.4) is 0 Å². The van der Waals surface area contributed by atoms with Crippen LogP contribution in [0.25, 0.3) is 16.9 Å². The summed E-state index contributed by atoms with van der Waals surface area (Å²) in [4.78, 5) is 23.9. The summed E-state index contributed by atoms with van der Waals surface area (Å²) >= 11 is 18.4. The number of carbonyl (C=O) groups excluding carboxylic acids is 2. The van der Waals surface area contributed by atoms with Crippen LogP contribution in [0.4, 0.5) is 5.82 Å². The number of nitrogens with zero attached hydrogens (tertiary/aromatic N) is 2. The number of benzene rings is 2. The van der Waals surface area contributed by atoms with E-state index in [4.69, 9.17) is 39.5 Å². The summed E-state index contributed by atoms with van der Waals surface area (Å²) in [7, 11) is 0. The highest BCUT2D eigenvalue weighted by molar-refractivity contribution is 6.34. The van der Waals surface area contributed by atoms with Gasteiger partial charge in [0.15, 0.2) is 0 Å².